The Morgan fingerprint density at radius 1 is 1.25 bits per heavy atom. The second kappa shape index (κ2) is 6.07. The van der Waals surface area contributed by atoms with E-state index in [1.165, 1.54) is 6.07 Å². The lowest BCUT2D eigenvalue weighted by atomic mass is 10.1. The van der Waals surface area contributed by atoms with E-state index in [0.29, 0.717) is 12.8 Å². The van der Waals surface area contributed by atoms with Crippen molar-refractivity contribution in [1.29, 1.82) is 0 Å². The lowest BCUT2D eigenvalue weighted by Gasteiger charge is -2.21. The van der Waals surface area contributed by atoms with Gasteiger partial charge in [-0.3, -0.25) is 0 Å². The zero-order valence-electron chi connectivity index (χ0n) is 11.0. The highest BCUT2D eigenvalue weighted by atomic mass is 32.2. The van der Waals surface area contributed by atoms with Crippen LogP contribution in [0.5, 0.6) is 0 Å². The smallest absolute Gasteiger partial charge is 0.243 e. The number of aliphatic hydroxyl groups excluding tert-OH is 1. The molecule has 0 spiro atoms. The second-order valence-electron chi connectivity index (χ2n) is 5.12. The average molecular weight is 302 g/mol. The predicted octanol–water partition coefficient (Wildman–Crippen LogP) is 1.38. The summed E-state index contributed by atoms with van der Waals surface area (Å²) >= 11 is 0. The summed E-state index contributed by atoms with van der Waals surface area (Å²) in [5, 5.41) is 9.94. The zero-order chi connectivity index (χ0) is 14.8. The molecule has 0 aromatic heterocycles. The van der Waals surface area contributed by atoms with Crippen molar-refractivity contribution in [2.45, 2.75) is 49.1 Å². The van der Waals surface area contributed by atoms with Gasteiger partial charge in [0.1, 0.15) is 10.7 Å². The first-order chi connectivity index (χ1) is 9.40. The molecule has 20 heavy (non-hydrogen) atoms. The molecule has 0 radical (unpaired) electrons. The normalized spacial score (nSPS) is 24.3. The van der Waals surface area contributed by atoms with Gasteiger partial charge in [0, 0.05) is 11.7 Å². The minimum Gasteiger partial charge on any atom is -0.399 e. The van der Waals surface area contributed by atoms with Gasteiger partial charge in [-0.25, -0.2) is 17.5 Å². The molecule has 1 aromatic rings. The van der Waals surface area contributed by atoms with Crippen LogP contribution in [-0.2, 0) is 10.0 Å². The molecule has 2 rings (SSSR count). The fourth-order valence-corrected chi connectivity index (χ4v) is 3.83. The SMILES string of the molecule is Nc1ccc(F)c(S(=O)(=O)NC2CCCCCC2O)c1. The molecule has 2 atom stereocenters. The van der Waals surface area contributed by atoms with Gasteiger partial charge in [0.2, 0.25) is 10.0 Å². The Balaban J connectivity index is 2.24. The van der Waals surface area contributed by atoms with Crippen LogP contribution in [0.4, 0.5) is 10.1 Å². The van der Waals surface area contributed by atoms with Crippen LogP contribution in [0.3, 0.4) is 0 Å². The minimum atomic E-state index is -4.03. The molecule has 1 aromatic carbocycles. The van der Waals surface area contributed by atoms with Crippen LogP contribution < -0.4 is 10.5 Å². The molecule has 1 aliphatic carbocycles. The fraction of sp³-hybridized carbons (Fsp3) is 0.538. The molecule has 1 saturated carbocycles. The molecule has 1 fully saturated rings. The number of hydrogen-bond acceptors (Lipinski definition) is 4. The number of sulfonamides is 1. The number of halogens is 1. The maximum Gasteiger partial charge on any atom is 0.243 e. The van der Waals surface area contributed by atoms with Gasteiger partial charge < -0.3 is 10.8 Å². The second-order valence-corrected chi connectivity index (χ2v) is 6.81. The van der Waals surface area contributed by atoms with Crippen LogP contribution in [0.1, 0.15) is 32.1 Å². The molecule has 0 saturated heterocycles. The summed E-state index contributed by atoms with van der Waals surface area (Å²) in [6.07, 6.45) is 3.02. The Morgan fingerprint density at radius 2 is 1.95 bits per heavy atom. The van der Waals surface area contributed by atoms with Crippen LogP contribution in [0.2, 0.25) is 0 Å². The Labute approximate surface area is 118 Å². The molecule has 4 N–H and O–H groups in total. The highest BCUT2D eigenvalue weighted by molar-refractivity contribution is 7.89. The monoisotopic (exact) mass is 302 g/mol. The van der Waals surface area contributed by atoms with Crippen molar-refractivity contribution in [3.63, 3.8) is 0 Å². The van der Waals surface area contributed by atoms with Crippen molar-refractivity contribution in [2.75, 3.05) is 5.73 Å². The van der Waals surface area contributed by atoms with E-state index in [4.69, 9.17) is 5.73 Å². The maximum absolute atomic E-state index is 13.7. The van der Waals surface area contributed by atoms with E-state index in [-0.39, 0.29) is 5.69 Å². The Bertz CT molecular complexity index is 577. The number of nitrogens with one attached hydrogen (secondary N) is 1. The van der Waals surface area contributed by atoms with Gasteiger partial charge in [0.25, 0.3) is 0 Å². The predicted molar refractivity (Wildman–Crippen MR) is 74.0 cm³/mol. The van der Waals surface area contributed by atoms with Crippen molar-refractivity contribution in [3.8, 4) is 0 Å². The van der Waals surface area contributed by atoms with E-state index >= 15 is 0 Å². The largest absolute Gasteiger partial charge is 0.399 e. The Morgan fingerprint density at radius 3 is 2.70 bits per heavy atom. The molecular weight excluding hydrogens is 283 g/mol. The first-order valence-corrected chi connectivity index (χ1v) is 8.14. The topological polar surface area (TPSA) is 92.4 Å². The fourth-order valence-electron chi connectivity index (χ4n) is 2.41. The number of nitrogens with two attached hydrogens (primary N) is 1. The van der Waals surface area contributed by atoms with Crippen LogP contribution >= 0.6 is 0 Å². The number of rotatable bonds is 3. The first kappa shape index (κ1) is 15.2. The Hall–Kier alpha value is -1.18. The zero-order valence-corrected chi connectivity index (χ0v) is 11.9. The van der Waals surface area contributed by atoms with Gasteiger partial charge in [0.05, 0.1) is 6.10 Å². The van der Waals surface area contributed by atoms with Crippen LogP contribution in [0.15, 0.2) is 23.1 Å². The molecule has 0 heterocycles. The van der Waals surface area contributed by atoms with Gasteiger partial charge >= 0.3 is 0 Å². The van der Waals surface area contributed by atoms with Gasteiger partial charge in [-0.2, -0.15) is 0 Å². The molecule has 0 aliphatic heterocycles. The van der Waals surface area contributed by atoms with E-state index in [9.17, 15) is 17.9 Å². The maximum atomic E-state index is 13.7. The third-order valence-corrected chi connectivity index (χ3v) is 5.04. The number of aliphatic hydroxyl groups is 1. The summed E-state index contributed by atoms with van der Waals surface area (Å²) in [5.74, 6) is -0.852. The molecular formula is C13H19FN2O3S. The molecule has 2 unspecified atom stereocenters. The quantitative estimate of drug-likeness (QED) is 0.581. The number of anilines is 1. The highest BCUT2D eigenvalue weighted by Crippen LogP contribution is 2.22. The van der Waals surface area contributed by atoms with Crippen LogP contribution in [0.25, 0.3) is 0 Å². The average Bonchev–Trinajstić information content (AvgIpc) is 2.57. The molecule has 5 nitrogen and oxygen atoms in total. The summed E-state index contributed by atoms with van der Waals surface area (Å²) < 4.78 is 40.5. The van der Waals surface area contributed by atoms with Crippen molar-refractivity contribution in [1.82, 2.24) is 4.72 Å². The molecule has 0 bridgehead atoms. The summed E-state index contributed by atoms with van der Waals surface area (Å²) in [6.45, 7) is 0. The van der Waals surface area contributed by atoms with Crippen molar-refractivity contribution in [2.24, 2.45) is 0 Å². The number of hydrogen-bond donors (Lipinski definition) is 3. The number of nitrogen functional groups attached to an aromatic ring is 1. The minimum absolute atomic E-state index is 0.174. The van der Waals surface area contributed by atoms with Crippen molar-refractivity contribution < 1.29 is 17.9 Å². The Kier molecular flexibility index (Phi) is 4.62. The lowest BCUT2D eigenvalue weighted by Crippen LogP contribution is -2.42. The van der Waals surface area contributed by atoms with Crippen LogP contribution in [0, 0.1) is 5.82 Å². The molecule has 7 heteroatoms. The van der Waals surface area contributed by atoms with Gasteiger partial charge in [0.15, 0.2) is 0 Å². The summed E-state index contributed by atoms with van der Waals surface area (Å²) in [7, 11) is -4.03. The summed E-state index contributed by atoms with van der Waals surface area (Å²) in [6, 6.07) is 2.83. The van der Waals surface area contributed by atoms with E-state index in [0.717, 1.165) is 31.4 Å². The third-order valence-electron chi connectivity index (χ3n) is 3.53. The van der Waals surface area contributed by atoms with Gasteiger partial charge in [-0.15, -0.1) is 0 Å². The molecule has 0 amide bonds. The summed E-state index contributed by atoms with van der Waals surface area (Å²) in [4.78, 5) is -0.478. The van der Waals surface area contributed by atoms with E-state index in [1.807, 2.05) is 0 Å². The lowest BCUT2D eigenvalue weighted by molar-refractivity contribution is 0.130. The van der Waals surface area contributed by atoms with E-state index < -0.39 is 32.9 Å². The summed E-state index contributed by atoms with van der Waals surface area (Å²) in [5.41, 5.74) is 5.68. The van der Waals surface area contributed by atoms with Crippen molar-refractivity contribution in [3.05, 3.63) is 24.0 Å². The van der Waals surface area contributed by atoms with Crippen LogP contribution in [-0.4, -0.2) is 25.7 Å². The third kappa shape index (κ3) is 3.47. The van der Waals surface area contributed by atoms with E-state index in [1.54, 1.807) is 0 Å². The highest BCUT2D eigenvalue weighted by Gasteiger charge is 2.28. The number of benzene rings is 1. The molecule has 112 valence electrons. The first-order valence-electron chi connectivity index (χ1n) is 6.65. The van der Waals surface area contributed by atoms with Gasteiger partial charge in [-0.1, -0.05) is 19.3 Å². The van der Waals surface area contributed by atoms with Gasteiger partial charge in [-0.05, 0) is 31.0 Å². The van der Waals surface area contributed by atoms with Crippen molar-refractivity contribution >= 4 is 15.7 Å². The standard InChI is InChI=1S/C13H19FN2O3S/c14-10-7-6-9(15)8-13(10)20(18,19)16-11-4-2-1-3-5-12(11)17/h6-8,11-12,16-17H,1-5,15H2. The molecule has 1 aliphatic rings. The van der Waals surface area contributed by atoms with E-state index in [2.05, 4.69) is 4.72 Å².